The molecule has 0 heterocycles. The largest absolute Gasteiger partial charge is 0.513 e. The third-order valence-corrected chi connectivity index (χ3v) is 6.69. The lowest BCUT2D eigenvalue weighted by atomic mass is 9.52. The van der Waals surface area contributed by atoms with Gasteiger partial charge in [0.25, 0.3) is 0 Å². The van der Waals surface area contributed by atoms with Crippen molar-refractivity contribution in [3.63, 3.8) is 0 Å². The maximum atomic E-state index is 10.8. The normalized spacial score (nSPS) is 31.5. The number of allylic oxidation sites excluding steroid dienone is 3. The van der Waals surface area contributed by atoms with Gasteiger partial charge in [-0.15, -0.1) is 0 Å². The van der Waals surface area contributed by atoms with Gasteiger partial charge in [0.1, 0.15) is 0 Å². The zero-order valence-electron chi connectivity index (χ0n) is 17.5. The Morgan fingerprint density at radius 2 is 2.00 bits per heavy atom. The van der Waals surface area contributed by atoms with Crippen LogP contribution in [0.4, 0.5) is 0 Å². The number of aliphatic hydroxyl groups excluding tert-OH is 2. The van der Waals surface area contributed by atoms with E-state index >= 15 is 0 Å². The first-order valence-electron chi connectivity index (χ1n) is 11.0. The van der Waals surface area contributed by atoms with Gasteiger partial charge < -0.3 is 20.1 Å². The highest BCUT2D eigenvalue weighted by atomic mass is 16.5. The van der Waals surface area contributed by atoms with Gasteiger partial charge in [0, 0.05) is 25.9 Å². The Morgan fingerprint density at radius 3 is 2.68 bits per heavy atom. The van der Waals surface area contributed by atoms with Crippen molar-refractivity contribution in [3.8, 4) is 0 Å². The summed E-state index contributed by atoms with van der Waals surface area (Å²) in [6.45, 7) is 2.19. The van der Waals surface area contributed by atoms with E-state index in [1.165, 1.54) is 24.8 Å². The molecule has 0 aliphatic heterocycles. The molecule has 0 spiro atoms. The minimum atomic E-state index is -0.784. The molecule has 3 N–H and O–H groups in total. The summed E-state index contributed by atoms with van der Waals surface area (Å²) in [6, 6.07) is 0. The highest BCUT2D eigenvalue weighted by molar-refractivity contribution is 5.66. The van der Waals surface area contributed by atoms with Crippen molar-refractivity contribution in [2.24, 2.45) is 11.8 Å². The Morgan fingerprint density at radius 1 is 1.21 bits per heavy atom. The highest BCUT2D eigenvalue weighted by Gasteiger charge is 2.58. The molecule has 2 rings (SSSR count). The van der Waals surface area contributed by atoms with Crippen LogP contribution in [0.5, 0.6) is 0 Å². The first-order valence-corrected chi connectivity index (χ1v) is 11.0. The van der Waals surface area contributed by atoms with Crippen LogP contribution in [-0.2, 0) is 9.53 Å². The monoisotopic (exact) mass is 394 g/mol. The fourth-order valence-electron chi connectivity index (χ4n) is 5.03. The van der Waals surface area contributed by atoms with Crippen molar-refractivity contribution in [1.29, 1.82) is 0 Å². The Labute approximate surface area is 169 Å². The van der Waals surface area contributed by atoms with E-state index in [9.17, 15) is 15.0 Å². The second-order valence-corrected chi connectivity index (χ2v) is 8.42. The van der Waals surface area contributed by atoms with Crippen LogP contribution in [0.1, 0.15) is 84.0 Å². The maximum Gasteiger partial charge on any atom is 0.303 e. The van der Waals surface area contributed by atoms with Crippen LogP contribution in [0.15, 0.2) is 23.5 Å². The van der Waals surface area contributed by atoms with Gasteiger partial charge in [-0.25, -0.2) is 0 Å². The minimum absolute atomic E-state index is 0.112. The van der Waals surface area contributed by atoms with Crippen LogP contribution in [0.25, 0.3) is 0 Å². The summed E-state index contributed by atoms with van der Waals surface area (Å²) in [6.07, 6.45) is 13.6. The van der Waals surface area contributed by atoms with E-state index in [4.69, 9.17) is 9.84 Å². The van der Waals surface area contributed by atoms with Gasteiger partial charge in [-0.3, -0.25) is 4.79 Å². The number of unbranched alkanes of at least 4 members (excludes halogenated alkanes) is 4. The predicted octanol–water partition coefficient (Wildman–Crippen LogP) is 5.15. The lowest BCUT2D eigenvalue weighted by molar-refractivity contribution is -0.153. The van der Waals surface area contributed by atoms with Crippen molar-refractivity contribution in [2.75, 3.05) is 7.11 Å². The zero-order chi connectivity index (χ0) is 20.6. The molecule has 0 aromatic heterocycles. The van der Waals surface area contributed by atoms with Crippen molar-refractivity contribution >= 4 is 5.97 Å². The Balaban J connectivity index is 1.90. The summed E-state index contributed by atoms with van der Waals surface area (Å²) in [5.74, 6) is 0.0116. The molecule has 28 heavy (non-hydrogen) atoms. The van der Waals surface area contributed by atoms with Gasteiger partial charge in [0.15, 0.2) is 0 Å². The molecule has 0 bridgehead atoms. The molecule has 4 atom stereocenters. The number of hydrogen-bond acceptors (Lipinski definition) is 4. The van der Waals surface area contributed by atoms with Gasteiger partial charge in [0.05, 0.1) is 17.5 Å². The van der Waals surface area contributed by atoms with Crippen molar-refractivity contribution in [3.05, 3.63) is 23.5 Å². The molecule has 0 saturated heterocycles. The van der Waals surface area contributed by atoms with Gasteiger partial charge in [-0.1, -0.05) is 32.3 Å². The number of hydrogen-bond donors (Lipinski definition) is 3. The standard InChI is InChI=1S/C23H38O5/c1-3-4-5-6-7-10-18(24)12-13-19-20-16-17(9-8-11-22(26)27)23(20,28-2)15-14-21(19)25/h9-10,19-21,24-25H,3-8,11-16H2,1-2H3,(H,26,27)/b17-9+,18-10?/t19-,20-,21-,23+/m1/s1. The third kappa shape index (κ3) is 5.60. The fraction of sp³-hybridized carbons (Fsp3) is 0.783. The SMILES string of the molecule is CCCCCCC=C(O)CC[C@H]1[C@H](O)CC[C@]2(OC)/C(=C/CCC(=O)O)C[C@H]12. The molecule has 0 unspecified atom stereocenters. The zero-order valence-corrected chi connectivity index (χ0v) is 17.5. The molecule has 0 radical (unpaired) electrons. The topological polar surface area (TPSA) is 87.0 Å². The quantitative estimate of drug-likeness (QED) is 0.242. The molecule has 0 aromatic rings. The van der Waals surface area contributed by atoms with Crippen LogP contribution in [-0.4, -0.2) is 40.1 Å². The summed E-state index contributed by atoms with van der Waals surface area (Å²) >= 11 is 0. The van der Waals surface area contributed by atoms with Gasteiger partial charge in [-0.05, 0) is 62.5 Å². The number of fused-ring (bicyclic) bond motifs is 1. The van der Waals surface area contributed by atoms with E-state index in [1.807, 2.05) is 12.2 Å². The van der Waals surface area contributed by atoms with E-state index in [2.05, 4.69) is 6.92 Å². The van der Waals surface area contributed by atoms with E-state index in [0.29, 0.717) is 25.0 Å². The number of aliphatic carboxylic acids is 1. The number of aliphatic hydroxyl groups is 2. The van der Waals surface area contributed by atoms with Crippen LogP contribution in [0.3, 0.4) is 0 Å². The fourth-order valence-corrected chi connectivity index (χ4v) is 5.03. The highest BCUT2D eigenvalue weighted by Crippen LogP contribution is 2.58. The van der Waals surface area contributed by atoms with Crippen molar-refractivity contribution in [2.45, 2.75) is 95.7 Å². The number of rotatable bonds is 12. The number of methoxy groups -OCH3 is 1. The molecule has 2 aliphatic carbocycles. The molecule has 5 nitrogen and oxygen atoms in total. The molecule has 0 amide bonds. The second kappa shape index (κ2) is 11.0. The smallest absolute Gasteiger partial charge is 0.303 e. The van der Waals surface area contributed by atoms with Crippen molar-refractivity contribution < 1.29 is 24.9 Å². The molecular weight excluding hydrogens is 356 g/mol. The lowest BCUT2D eigenvalue weighted by Crippen LogP contribution is -2.59. The summed E-state index contributed by atoms with van der Waals surface area (Å²) in [7, 11) is 1.72. The second-order valence-electron chi connectivity index (χ2n) is 8.42. The van der Waals surface area contributed by atoms with Crippen LogP contribution < -0.4 is 0 Å². The Kier molecular flexibility index (Phi) is 9.03. The summed E-state index contributed by atoms with van der Waals surface area (Å²) in [5, 5.41) is 29.6. The summed E-state index contributed by atoms with van der Waals surface area (Å²) < 4.78 is 5.93. The molecule has 5 heteroatoms. The Bertz CT molecular complexity index is 567. The lowest BCUT2D eigenvalue weighted by Gasteiger charge is -2.58. The molecular formula is C23H38O5. The molecule has 2 aliphatic rings. The Hall–Kier alpha value is -1.33. The first kappa shape index (κ1) is 23.0. The summed E-state index contributed by atoms with van der Waals surface area (Å²) in [4.78, 5) is 10.8. The number of carboxylic acid groups (broad SMARTS) is 1. The van der Waals surface area contributed by atoms with Gasteiger partial charge in [-0.2, -0.15) is 0 Å². The average Bonchev–Trinajstić information content (AvgIpc) is 2.65. The van der Waals surface area contributed by atoms with Crippen molar-refractivity contribution in [1.82, 2.24) is 0 Å². The molecule has 160 valence electrons. The van der Waals surface area contributed by atoms with E-state index in [0.717, 1.165) is 32.1 Å². The predicted molar refractivity (Wildman–Crippen MR) is 110 cm³/mol. The number of carboxylic acids is 1. The average molecular weight is 395 g/mol. The molecule has 2 fully saturated rings. The molecule has 2 saturated carbocycles. The molecule has 0 aromatic carbocycles. The number of carbonyl (C=O) groups is 1. The van der Waals surface area contributed by atoms with E-state index < -0.39 is 5.97 Å². The van der Waals surface area contributed by atoms with Crippen LogP contribution >= 0.6 is 0 Å². The first-order chi connectivity index (χ1) is 13.4. The van der Waals surface area contributed by atoms with Crippen LogP contribution in [0, 0.1) is 11.8 Å². The number of ether oxygens (including phenoxy) is 1. The third-order valence-electron chi connectivity index (χ3n) is 6.69. The van der Waals surface area contributed by atoms with Gasteiger partial charge in [0.2, 0.25) is 0 Å². The van der Waals surface area contributed by atoms with E-state index in [1.54, 1.807) is 7.11 Å². The maximum absolute atomic E-state index is 10.8. The minimum Gasteiger partial charge on any atom is -0.513 e. The van der Waals surface area contributed by atoms with E-state index in [-0.39, 0.29) is 30.0 Å². The van der Waals surface area contributed by atoms with Crippen LogP contribution in [0.2, 0.25) is 0 Å². The van der Waals surface area contributed by atoms with Gasteiger partial charge >= 0.3 is 5.97 Å². The summed E-state index contributed by atoms with van der Waals surface area (Å²) in [5.41, 5.74) is 0.843.